The minimum absolute atomic E-state index is 0.0711. The molecule has 1 saturated carbocycles. The molecular weight excluding hydrogens is 322 g/mol. The number of ketones is 1. The van der Waals surface area contributed by atoms with Crippen molar-refractivity contribution in [1.29, 1.82) is 0 Å². The number of likely N-dealkylation sites (tertiary alicyclic amines) is 1. The van der Waals surface area contributed by atoms with Gasteiger partial charge in [-0.15, -0.1) is 0 Å². The van der Waals surface area contributed by atoms with Crippen molar-refractivity contribution in [1.82, 2.24) is 10.3 Å². The van der Waals surface area contributed by atoms with Gasteiger partial charge in [0.15, 0.2) is 0 Å². The molecule has 0 aromatic carbocycles. The zero-order chi connectivity index (χ0) is 18.0. The quantitative estimate of drug-likeness (QED) is 0.843. The third kappa shape index (κ3) is 4.35. The lowest BCUT2D eigenvalue weighted by atomic mass is 9.76. The van der Waals surface area contributed by atoms with Gasteiger partial charge in [-0.05, 0) is 24.0 Å². The fourth-order valence-electron chi connectivity index (χ4n) is 3.50. The molecule has 1 unspecified atom stereocenters. The average molecular weight is 345 g/mol. The van der Waals surface area contributed by atoms with Crippen LogP contribution in [-0.4, -0.2) is 34.8 Å². The first-order chi connectivity index (χ1) is 11.8. The second kappa shape index (κ2) is 6.82. The summed E-state index contributed by atoms with van der Waals surface area (Å²) in [7, 11) is 0. The van der Waals surface area contributed by atoms with Crippen molar-refractivity contribution >= 4 is 23.3 Å². The van der Waals surface area contributed by atoms with E-state index < -0.39 is 5.92 Å². The largest absolute Gasteiger partial charge is 0.467 e. The van der Waals surface area contributed by atoms with E-state index in [0.717, 1.165) is 0 Å². The van der Waals surface area contributed by atoms with Gasteiger partial charge in [0.1, 0.15) is 11.5 Å². The van der Waals surface area contributed by atoms with Gasteiger partial charge in [-0.3, -0.25) is 14.4 Å². The Morgan fingerprint density at radius 1 is 1.40 bits per heavy atom. The number of hydrogen-bond donors (Lipinski definition) is 1. The normalized spacial score (nSPS) is 24.8. The predicted octanol–water partition coefficient (Wildman–Crippen LogP) is 1.88. The zero-order valence-electron chi connectivity index (χ0n) is 14.6. The first kappa shape index (κ1) is 17.4. The molecule has 0 spiro atoms. The smallest absolute Gasteiger partial charge is 0.245 e. The summed E-state index contributed by atoms with van der Waals surface area (Å²) >= 11 is 0. The molecular formula is C18H23N3O4. The lowest BCUT2D eigenvalue weighted by Crippen LogP contribution is -2.33. The third-order valence-electron chi connectivity index (χ3n) is 4.60. The van der Waals surface area contributed by atoms with Crippen molar-refractivity contribution in [3.8, 4) is 0 Å². The van der Waals surface area contributed by atoms with Crippen LogP contribution in [0.2, 0.25) is 0 Å². The molecule has 7 heteroatoms. The Morgan fingerprint density at radius 2 is 2.20 bits per heavy atom. The lowest BCUT2D eigenvalue weighted by molar-refractivity contribution is -0.129. The van der Waals surface area contributed by atoms with E-state index >= 15 is 0 Å². The molecule has 25 heavy (non-hydrogen) atoms. The lowest BCUT2D eigenvalue weighted by Gasteiger charge is -2.29. The molecule has 2 heterocycles. The summed E-state index contributed by atoms with van der Waals surface area (Å²) in [6.07, 6.45) is 3.24. The average Bonchev–Trinajstić information content (AvgIpc) is 3.14. The molecule has 0 radical (unpaired) electrons. The molecule has 0 bridgehead atoms. The number of hydrogen-bond acceptors (Lipinski definition) is 5. The van der Waals surface area contributed by atoms with Gasteiger partial charge in [0.2, 0.25) is 11.8 Å². The van der Waals surface area contributed by atoms with Gasteiger partial charge >= 0.3 is 0 Å². The molecule has 2 aliphatic rings. The number of furan rings is 1. The Bertz CT molecular complexity index is 706. The van der Waals surface area contributed by atoms with Gasteiger partial charge in [-0.1, -0.05) is 13.8 Å². The zero-order valence-corrected chi connectivity index (χ0v) is 14.6. The number of rotatable bonds is 4. The molecule has 1 aromatic heterocycles. The number of Topliss-reactive ketones (excluding diaryl/α,β-unsaturated/α-hetero) is 1. The maximum absolute atomic E-state index is 12.3. The highest BCUT2D eigenvalue weighted by molar-refractivity contribution is 6.05. The molecule has 2 fully saturated rings. The van der Waals surface area contributed by atoms with Crippen LogP contribution in [0.25, 0.3) is 0 Å². The van der Waals surface area contributed by atoms with Crippen molar-refractivity contribution in [2.45, 2.75) is 46.1 Å². The topological polar surface area (TPSA) is 92.0 Å². The van der Waals surface area contributed by atoms with Crippen LogP contribution in [0.1, 0.15) is 45.3 Å². The van der Waals surface area contributed by atoms with E-state index in [0.29, 0.717) is 37.4 Å². The van der Waals surface area contributed by atoms with E-state index in [1.54, 1.807) is 23.3 Å². The maximum atomic E-state index is 12.3. The second-order valence-electron chi connectivity index (χ2n) is 7.64. The minimum Gasteiger partial charge on any atom is -0.467 e. The number of carbonyl (C=O) groups is 3. The van der Waals surface area contributed by atoms with Crippen LogP contribution in [-0.2, 0) is 20.9 Å². The van der Waals surface area contributed by atoms with Crippen LogP contribution in [0.3, 0.4) is 0 Å². The molecule has 1 saturated heterocycles. The van der Waals surface area contributed by atoms with E-state index in [4.69, 9.17) is 4.42 Å². The monoisotopic (exact) mass is 345 g/mol. The number of nitrogens with zero attached hydrogens (tertiary/aromatic N) is 2. The second-order valence-corrected chi connectivity index (χ2v) is 7.64. The standard InChI is InChI=1S/C18H23N3O4/c1-18(2)8-13(7-14(22)9-18)19-20-17(24)12-6-16(23)21(10-12)11-15-4-3-5-25-15/h3-5,12H,6-11H2,1-2H3,(H,20,24)/b19-13+. The van der Waals surface area contributed by atoms with Gasteiger partial charge in [0, 0.05) is 31.5 Å². The van der Waals surface area contributed by atoms with Crippen molar-refractivity contribution < 1.29 is 18.8 Å². The SMILES string of the molecule is CC1(C)CC(=O)C/C(=N\NC(=O)C2CC(=O)N(Cc3ccco3)C2)C1. The van der Waals surface area contributed by atoms with Crippen LogP contribution in [0.4, 0.5) is 0 Å². The molecule has 1 aromatic rings. The molecule has 134 valence electrons. The summed E-state index contributed by atoms with van der Waals surface area (Å²) in [5, 5.41) is 4.15. The highest BCUT2D eigenvalue weighted by Crippen LogP contribution is 2.31. The van der Waals surface area contributed by atoms with Crippen molar-refractivity contribution in [3.63, 3.8) is 0 Å². The van der Waals surface area contributed by atoms with Crippen LogP contribution in [0.5, 0.6) is 0 Å². The van der Waals surface area contributed by atoms with Crippen LogP contribution < -0.4 is 5.43 Å². The van der Waals surface area contributed by atoms with Crippen molar-refractivity contribution in [2.75, 3.05) is 6.54 Å². The van der Waals surface area contributed by atoms with Gasteiger partial charge in [-0.25, -0.2) is 5.43 Å². The summed E-state index contributed by atoms with van der Waals surface area (Å²) in [5.41, 5.74) is 3.12. The summed E-state index contributed by atoms with van der Waals surface area (Å²) in [5.74, 6) is 0.0541. The van der Waals surface area contributed by atoms with E-state index in [1.807, 2.05) is 13.8 Å². The number of carbonyl (C=O) groups excluding carboxylic acids is 3. The summed E-state index contributed by atoms with van der Waals surface area (Å²) in [6.45, 7) is 4.75. The fraction of sp³-hybridized carbons (Fsp3) is 0.556. The maximum Gasteiger partial charge on any atom is 0.245 e. The number of amides is 2. The number of hydrazone groups is 1. The Balaban J connectivity index is 1.56. The fourth-order valence-corrected chi connectivity index (χ4v) is 3.50. The molecule has 1 aliphatic heterocycles. The molecule has 7 nitrogen and oxygen atoms in total. The van der Waals surface area contributed by atoms with Crippen molar-refractivity contribution in [2.24, 2.45) is 16.4 Å². The number of nitrogens with one attached hydrogen (secondary N) is 1. The van der Waals surface area contributed by atoms with Gasteiger partial charge < -0.3 is 9.32 Å². The van der Waals surface area contributed by atoms with Crippen LogP contribution >= 0.6 is 0 Å². The first-order valence-electron chi connectivity index (χ1n) is 8.49. The Hall–Kier alpha value is -2.44. The highest BCUT2D eigenvalue weighted by Gasteiger charge is 2.35. The van der Waals surface area contributed by atoms with E-state index in [-0.39, 0.29) is 35.9 Å². The van der Waals surface area contributed by atoms with E-state index in [1.165, 1.54) is 0 Å². The van der Waals surface area contributed by atoms with Gasteiger partial charge in [-0.2, -0.15) is 5.10 Å². The minimum atomic E-state index is -0.431. The summed E-state index contributed by atoms with van der Waals surface area (Å²) < 4.78 is 5.25. The van der Waals surface area contributed by atoms with E-state index in [2.05, 4.69) is 10.5 Å². The van der Waals surface area contributed by atoms with Crippen LogP contribution in [0, 0.1) is 11.3 Å². The predicted molar refractivity (Wildman–Crippen MR) is 90.4 cm³/mol. The summed E-state index contributed by atoms with van der Waals surface area (Å²) in [6, 6.07) is 3.57. The first-order valence-corrected chi connectivity index (χ1v) is 8.49. The molecule has 3 rings (SSSR count). The van der Waals surface area contributed by atoms with Crippen molar-refractivity contribution in [3.05, 3.63) is 24.2 Å². The molecule has 1 aliphatic carbocycles. The third-order valence-corrected chi connectivity index (χ3v) is 4.60. The Labute approximate surface area is 146 Å². The van der Waals surface area contributed by atoms with Gasteiger partial charge in [0.25, 0.3) is 0 Å². The summed E-state index contributed by atoms with van der Waals surface area (Å²) in [4.78, 5) is 37.8. The Morgan fingerprint density at radius 3 is 2.88 bits per heavy atom. The Kier molecular flexibility index (Phi) is 4.74. The van der Waals surface area contributed by atoms with E-state index in [9.17, 15) is 14.4 Å². The van der Waals surface area contributed by atoms with Gasteiger partial charge in [0.05, 0.1) is 18.7 Å². The molecule has 1 N–H and O–H groups in total. The molecule has 2 amide bonds. The molecule has 1 atom stereocenters. The van der Waals surface area contributed by atoms with Crippen LogP contribution in [0.15, 0.2) is 27.9 Å². The highest BCUT2D eigenvalue weighted by atomic mass is 16.3.